The summed E-state index contributed by atoms with van der Waals surface area (Å²) >= 11 is 4.90. The summed E-state index contributed by atoms with van der Waals surface area (Å²) in [6, 6.07) is 2.75. The fourth-order valence-corrected chi connectivity index (χ4v) is 2.10. The van der Waals surface area contributed by atoms with E-state index in [1.165, 1.54) is 0 Å². The number of hydrogen-bond acceptors (Lipinski definition) is 5. The molecule has 0 saturated carbocycles. The first kappa shape index (κ1) is 15.8. The lowest BCUT2D eigenvalue weighted by Gasteiger charge is -2.30. The maximum absolute atomic E-state index is 5.54. The summed E-state index contributed by atoms with van der Waals surface area (Å²) in [5.41, 5.74) is 6.14. The Morgan fingerprint density at radius 1 is 1.37 bits per heavy atom. The van der Waals surface area contributed by atoms with Crippen LogP contribution < -0.4 is 11.1 Å². The van der Waals surface area contributed by atoms with Crippen molar-refractivity contribution in [3.63, 3.8) is 0 Å². The summed E-state index contributed by atoms with van der Waals surface area (Å²) in [6.07, 6.45) is 1.66. The van der Waals surface area contributed by atoms with Crippen LogP contribution in [0.3, 0.4) is 0 Å². The van der Waals surface area contributed by atoms with Crippen LogP contribution >= 0.6 is 12.2 Å². The second-order valence-corrected chi connectivity index (χ2v) is 5.42. The molecule has 0 aliphatic carbocycles. The van der Waals surface area contributed by atoms with Crippen molar-refractivity contribution in [3.05, 3.63) is 18.0 Å². The molecule has 1 heterocycles. The number of rotatable bonds is 7. The maximum Gasteiger partial charge on any atom is 0.223 e. The molecule has 1 aromatic heterocycles. The molecule has 5 nitrogen and oxygen atoms in total. The summed E-state index contributed by atoms with van der Waals surface area (Å²) in [4.78, 5) is 11.1. The molecule has 0 amide bonds. The molecule has 19 heavy (non-hydrogen) atoms. The van der Waals surface area contributed by atoms with Crippen LogP contribution in [0.15, 0.2) is 12.3 Å². The van der Waals surface area contributed by atoms with Gasteiger partial charge in [-0.25, -0.2) is 9.97 Å². The van der Waals surface area contributed by atoms with Gasteiger partial charge in [-0.15, -0.1) is 0 Å². The lowest BCUT2D eigenvalue weighted by atomic mass is 10.2. The summed E-state index contributed by atoms with van der Waals surface area (Å²) < 4.78 is 0. The van der Waals surface area contributed by atoms with Crippen molar-refractivity contribution >= 4 is 23.2 Å². The van der Waals surface area contributed by atoms with Crippen LogP contribution in [0, 0.1) is 0 Å². The van der Waals surface area contributed by atoms with E-state index >= 15 is 0 Å². The summed E-state index contributed by atoms with van der Waals surface area (Å²) in [6.45, 7) is 10.5. The van der Waals surface area contributed by atoms with Crippen molar-refractivity contribution in [1.29, 1.82) is 0 Å². The number of nitrogens with one attached hydrogen (secondary N) is 1. The zero-order valence-corrected chi connectivity index (χ0v) is 12.9. The van der Waals surface area contributed by atoms with Gasteiger partial charge >= 0.3 is 0 Å². The average Bonchev–Trinajstić information content (AvgIpc) is 2.34. The Bertz CT molecular complexity index is 411. The number of nitrogens with zero attached hydrogens (tertiary/aromatic N) is 3. The van der Waals surface area contributed by atoms with Crippen molar-refractivity contribution in [3.8, 4) is 0 Å². The number of nitrogens with two attached hydrogens (primary N) is 1. The van der Waals surface area contributed by atoms with Gasteiger partial charge in [0, 0.05) is 31.4 Å². The molecule has 0 fully saturated rings. The van der Waals surface area contributed by atoms with Gasteiger partial charge in [0.25, 0.3) is 0 Å². The van der Waals surface area contributed by atoms with Crippen LogP contribution in [-0.2, 0) is 0 Å². The Labute approximate surface area is 120 Å². The molecule has 0 unspecified atom stereocenters. The van der Waals surface area contributed by atoms with Crippen molar-refractivity contribution in [2.24, 2.45) is 5.73 Å². The number of thiocarbonyl (C=S) groups is 1. The molecular formula is C13H23N5S. The van der Waals surface area contributed by atoms with Gasteiger partial charge in [0.2, 0.25) is 5.95 Å². The average molecular weight is 281 g/mol. The molecule has 0 aromatic carbocycles. The molecular weight excluding hydrogens is 258 g/mol. The van der Waals surface area contributed by atoms with E-state index < -0.39 is 0 Å². The molecule has 0 aliphatic heterocycles. The minimum Gasteiger partial charge on any atom is -0.388 e. The maximum atomic E-state index is 5.54. The summed E-state index contributed by atoms with van der Waals surface area (Å²) in [5, 5.41) is 3.20. The zero-order chi connectivity index (χ0) is 14.4. The molecule has 106 valence electrons. The molecule has 0 aliphatic rings. The molecule has 0 spiro atoms. The zero-order valence-electron chi connectivity index (χ0n) is 12.1. The first-order valence-corrected chi connectivity index (χ1v) is 6.95. The molecule has 1 aromatic rings. The van der Waals surface area contributed by atoms with E-state index in [4.69, 9.17) is 18.0 Å². The fraction of sp³-hybridized carbons (Fsp3) is 0.615. The highest BCUT2D eigenvalue weighted by molar-refractivity contribution is 7.80. The highest BCUT2D eigenvalue weighted by Gasteiger charge is 2.12. The Balaban J connectivity index is 2.53. The largest absolute Gasteiger partial charge is 0.388 e. The molecule has 0 radical (unpaired) electrons. The van der Waals surface area contributed by atoms with E-state index in [9.17, 15) is 0 Å². The van der Waals surface area contributed by atoms with Crippen molar-refractivity contribution < 1.29 is 0 Å². The van der Waals surface area contributed by atoms with Crippen LogP contribution in [0.1, 0.15) is 33.4 Å². The van der Waals surface area contributed by atoms with Crippen molar-refractivity contribution in [2.45, 2.75) is 39.8 Å². The van der Waals surface area contributed by atoms with E-state index in [0.29, 0.717) is 23.7 Å². The first-order valence-electron chi connectivity index (χ1n) is 6.54. The van der Waals surface area contributed by atoms with Gasteiger partial charge in [0.15, 0.2) is 0 Å². The van der Waals surface area contributed by atoms with Gasteiger partial charge in [0.05, 0.1) is 0 Å². The van der Waals surface area contributed by atoms with E-state index in [1.807, 2.05) is 0 Å². The Morgan fingerprint density at radius 3 is 2.53 bits per heavy atom. The van der Waals surface area contributed by atoms with E-state index in [-0.39, 0.29) is 4.99 Å². The standard InChI is InChI=1S/C13H23N5S/c1-9(2)18(10(3)4)8-7-16-13-15-6-5-11(17-13)12(14)19/h5-6,9-10H,7-8H2,1-4H3,(H2,14,19)(H,15,16,17). The van der Waals surface area contributed by atoms with Gasteiger partial charge in [-0.2, -0.15) is 0 Å². The Morgan fingerprint density at radius 2 is 2.00 bits per heavy atom. The number of aromatic nitrogens is 2. The normalized spacial score (nSPS) is 11.3. The topological polar surface area (TPSA) is 67.1 Å². The van der Waals surface area contributed by atoms with Gasteiger partial charge in [0.1, 0.15) is 10.7 Å². The van der Waals surface area contributed by atoms with Gasteiger partial charge in [-0.1, -0.05) is 12.2 Å². The van der Waals surface area contributed by atoms with E-state index in [2.05, 4.69) is 47.9 Å². The minimum absolute atomic E-state index is 0.288. The third-order valence-electron chi connectivity index (χ3n) is 2.89. The Hall–Kier alpha value is -1.27. The number of anilines is 1. The lowest BCUT2D eigenvalue weighted by Crippen LogP contribution is -2.40. The van der Waals surface area contributed by atoms with Gasteiger partial charge in [-0.05, 0) is 33.8 Å². The second kappa shape index (κ2) is 7.35. The monoisotopic (exact) mass is 281 g/mol. The lowest BCUT2D eigenvalue weighted by molar-refractivity contribution is 0.182. The van der Waals surface area contributed by atoms with Crippen LogP contribution in [0.2, 0.25) is 0 Å². The van der Waals surface area contributed by atoms with Crippen LogP contribution in [0.4, 0.5) is 5.95 Å². The number of hydrogen-bond donors (Lipinski definition) is 2. The SMILES string of the molecule is CC(C)N(CCNc1nccc(C(N)=S)n1)C(C)C. The summed E-state index contributed by atoms with van der Waals surface area (Å²) in [7, 11) is 0. The predicted molar refractivity (Wildman–Crippen MR) is 83.4 cm³/mol. The molecule has 0 atom stereocenters. The van der Waals surface area contributed by atoms with Crippen LogP contribution in [-0.4, -0.2) is 45.0 Å². The highest BCUT2D eigenvalue weighted by Crippen LogP contribution is 2.05. The third-order valence-corrected chi connectivity index (χ3v) is 3.10. The quantitative estimate of drug-likeness (QED) is 0.741. The second-order valence-electron chi connectivity index (χ2n) is 4.98. The third kappa shape index (κ3) is 5.08. The molecule has 6 heteroatoms. The predicted octanol–water partition coefficient (Wildman–Crippen LogP) is 1.64. The molecule has 1 rings (SSSR count). The smallest absolute Gasteiger partial charge is 0.223 e. The van der Waals surface area contributed by atoms with E-state index in [1.54, 1.807) is 12.3 Å². The van der Waals surface area contributed by atoms with Crippen LogP contribution in [0.5, 0.6) is 0 Å². The Kier molecular flexibility index (Phi) is 6.11. The molecule has 0 bridgehead atoms. The van der Waals surface area contributed by atoms with Crippen molar-refractivity contribution in [1.82, 2.24) is 14.9 Å². The minimum atomic E-state index is 0.288. The van der Waals surface area contributed by atoms with Gasteiger partial charge in [-0.3, -0.25) is 4.90 Å². The van der Waals surface area contributed by atoms with E-state index in [0.717, 1.165) is 13.1 Å². The first-order chi connectivity index (χ1) is 8.91. The fourth-order valence-electron chi connectivity index (χ4n) is 1.99. The van der Waals surface area contributed by atoms with Crippen molar-refractivity contribution in [2.75, 3.05) is 18.4 Å². The van der Waals surface area contributed by atoms with Crippen LogP contribution in [0.25, 0.3) is 0 Å². The molecule has 3 N–H and O–H groups in total. The highest BCUT2D eigenvalue weighted by atomic mass is 32.1. The molecule has 0 saturated heterocycles. The summed E-state index contributed by atoms with van der Waals surface area (Å²) in [5.74, 6) is 0.567. The van der Waals surface area contributed by atoms with Gasteiger partial charge < -0.3 is 11.1 Å².